The first-order valence-corrected chi connectivity index (χ1v) is 7.10. The van der Waals surface area contributed by atoms with Crippen LogP contribution in [0.2, 0.25) is 0 Å². The molecule has 4 nitrogen and oxygen atoms in total. The molecule has 1 N–H and O–H groups in total. The number of ether oxygens (including phenoxy) is 1. The van der Waals surface area contributed by atoms with Crippen LogP contribution in [0.25, 0.3) is 11.3 Å². The summed E-state index contributed by atoms with van der Waals surface area (Å²) in [4.78, 5) is 8.88. The first-order chi connectivity index (χ1) is 10.1. The number of benzene rings is 1. The number of hydrogen-bond donors (Lipinski definition) is 1. The summed E-state index contributed by atoms with van der Waals surface area (Å²) >= 11 is 0. The van der Waals surface area contributed by atoms with Crippen LogP contribution in [0.15, 0.2) is 24.3 Å². The van der Waals surface area contributed by atoms with Gasteiger partial charge in [0.05, 0.1) is 5.69 Å². The minimum atomic E-state index is -0.273. The van der Waals surface area contributed by atoms with Crippen molar-refractivity contribution in [1.82, 2.24) is 9.97 Å². The molecule has 0 aliphatic heterocycles. The molecule has 1 aromatic carbocycles. The molecule has 21 heavy (non-hydrogen) atoms. The van der Waals surface area contributed by atoms with Crippen molar-refractivity contribution in [2.75, 3.05) is 18.5 Å². The Morgan fingerprint density at radius 3 is 2.71 bits per heavy atom. The van der Waals surface area contributed by atoms with Crippen LogP contribution in [0.1, 0.15) is 25.2 Å². The van der Waals surface area contributed by atoms with Gasteiger partial charge >= 0.3 is 0 Å². The molecular weight excluding hydrogens is 269 g/mol. The number of halogens is 1. The maximum Gasteiger partial charge on any atom is 0.157 e. The van der Waals surface area contributed by atoms with Gasteiger partial charge in [0.15, 0.2) is 5.82 Å². The summed E-state index contributed by atoms with van der Waals surface area (Å²) in [5, 5.41) is 3.17. The van der Waals surface area contributed by atoms with E-state index in [-0.39, 0.29) is 5.82 Å². The van der Waals surface area contributed by atoms with Crippen LogP contribution in [0.5, 0.6) is 0 Å². The van der Waals surface area contributed by atoms with Crippen LogP contribution in [0.3, 0.4) is 0 Å². The highest BCUT2D eigenvalue weighted by Gasteiger charge is 2.10. The third-order valence-electron chi connectivity index (χ3n) is 3.04. The van der Waals surface area contributed by atoms with E-state index in [2.05, 4.69) is 15.3 Å². The minimum Gasteiger partial charge on any atom is -0.374 e. The van der Waals surface area contributed by atoms with Crippen molar-refractivity contribution in [2.24, 2.45) is 0 Å². The summed E-state index contributed by atoms with van der Waals surface area (Å²) in [6.45, 7) is 7.56. The molecule has 1 aromatic heterocycles. The van der Waals surface area contributed by atoms with Crippen LogP contribution >= 0.6 is 0 Å². The topological polar surface area (TPSA) is 47.0 Å². The first kappa shape index (κ1) is 15.4. The van der Waals surface area contributed by atoms with Gasteiger partial charge in [0.2, 0.25) is 0 Å². The predicted molar refractivity (Wildman–Crippen MR) is 81.7 cm³/mol. The normalized spacial score (nSPS) is 10.7. The Morgan fingerprint density at radius 1 is 1.19 bits per heavy atom. The van der Waals surface area contributed by atoms with E-state index in [1.165, 1.54) is 12.1 Å². The fraction of sp³-hybridized carbons (Fsp3) is 0.375. The van der Waals surface area contributed by atoms with Gasteiger partial charge in [0.1, 0.15) is 18.2 Å². The summed E-state index contributed by atoms with van der Waals surface area (Å²) in [5.41, 5.74) is 2.45. The number of aryl methyl sites for hydroxylation is 1. The lowest BCUT2D eigenvalue weighted by atomic mass is 10.1. The van der Waals surface area contributed by atoms with Crippen molar-refractivity contribution in [3.63, 3.8) is 0 Å². The molecule has 2 aromatic rings. The zero-order chi connectivity index (χ0) is 15.2. The molecule has 0 bridgehead atoms. The average Bonchev–Trinajstić information content (AvgIpc) is 2.48. The van der Waals surface area contributed by atoms with Crippen molar-refractivity contribution in [3.8, 4) is 11.3 Å². The van der Waals surface area contributed by atoms with E-state index in [1.807, 2.05) is 26.8 Å². The highest BCUT2D eigenvalue weighted by molar-refractivity contribution is 5.66. The SMILES string of the molecule is CCNc1cc(-c2cc(F)ccc2C)nc(COCC)n1. The average molecular weight is 289 g/mol. The summed E-state index contributed by atoms with van der Waals surface area (Å²) in [5.74, 6) is 1.04. The maximum atomic E-state index is 13.5. The lowest BCUT2D eigenvalue weighted by molar-refractivity contribution is 0.128. The van der Waals surface area contributed by atoms with Crippen molar-refractivity contribution < 1.29 is 9.13 Å². The smallest absolute Gasteiger partial charge is 0.157 e. The predicted octanol–water partition coefficient (Wildman–Crippen LogP) is 3.56. The molecule has 0 saturated carbocycles. The fourth-order valence-corrected chi connectivity index (χ4v) is 2.03. The van der Waals surface area contributed by atoms with Crippen LogP contribution < -0.4 is 5.32 Å². The second-order valence-electron chi connectivity index (χ2n) is 4.68. The Labute approximate surface area is 124 Å². The quantitative estimate of drug-likeness (QED) is 0.883. The Bertz CT molecular complexity index is 616. The molecule has 0 spiro atoms. The van der Waals surface area contributed by atoms with Crippen LogP contribution in [-0.2, 0) is 11.3 Å². The Kier molecular flexibility index (Phi) is 5.22. The monoisotopic (exact) mass is 289 g/mol. The second-order valence-corrected chi connectivity index (χ2v) is 4.68. The summed E-state index contributed by atoms with van der Waals surface area (Å²) in [7, 11) is 0. The number of anilines is 1. The standard InChI is InChI=1S/C16H20FN3O/c1-4-18-15-9-14(19-16(20-15)10-21-5-2)13-8-12(17)7-6-11(13)3/h6-9H,4-5,10H2,1-3H3,(H,18,19,20). The van der Waals surface area contributed by atoms with Crippen LogP contribution in [0.4, 0.5) is 10.2 Å². The van der Waals surface area contributed by atoms with Gasteiger partial charge in [-0.2, -0.15) is 0 Å². The van der Waals surface area contributed by atoms with E-state index in [9.17, 15) is 4.39 Å². The van der Waals surface area contributed by atoms with Gasteiger partial charge in [-0.15, -0.1) is 0 Å². The third-order valence-corrected chi connectivity index (χ3v) is 3.04. The molecule has 0 fully saturated rings. The van der Waals surface area contributed by atoms with Crippen LogP contribution in [-0.4, -0.2) is 23.1 Å². The number of nitrogens with one attached hydrogen (secondary N) is 1. The molecule has 0 amide bonds. The van der Waals surface area contributed by atoms with Gasteiger partial charge in [-0.05, 0) is 38.5 Å². The van der Waals surface area contributed by atoms with Crippen molar-refractivity contribution in [2.45, 2.75) is 27.4 Å². The fourth-order valence-electron chi connectivity index (χ4n) is 2.03. The van der Waals surface area contributed by atoms with E-state index in [1.54, 1.807) is 6.07 Å². The van der Waals surface area contributed by atoms with E-state index < -0.39 is 0 Å². The Hall–Kier alpha value is -2.01. The van der Waals surface area contributed by atoms with Crippen LogP contribution in [0, 0.1) is 12.7 Å². The second kappa shape index (κ2) is 7.13. The lowest BCUT2D eigenvalue weighted by Crippen LogP contribution is -2.06. The van der Waals surface area contributed by atoms with Gasteiger partial charge < -0.3 is 10.1 Å². The molecule has 0 radical (unpaired) electrons. The number of rotatable bonds is 6. The Balaban J connectivity index is 2.45. The number of hydrogen-bond acceptors (Lipinski definition) is 4. The van der Waals surface area contributed by atoms with E-state index in [4.69, 9.17) is 4.74 Å². The molecule has 1 heterocycles. The first-order valence-electron chi connectivity index (χ1n) is 7.10. The molecule has 5 heteroatoms. The molecule has 0 unspecified atom stereocenters. The lowest BCUT2D eigenvalue weighted by Gasteiger charge is -2.11. The van der Waals surface area contributed by atoms with Gasteiger partial charge in [-0.25, -0.2) is 14.4 Å². The number of nitrogens with zero attached hydrogens (tertiary/aromatic N) is 2. The largest absolute Gasteiger partial charge is 0.374 e. The van der Waals surface area contributed by atoms with E-state index in [0.717, 1.165) is 23.5 Å². The van der Waals surface area contributed by atoms with E-state index in [0.29, 0.717) is 24.7 Å². The molecular formula is C16H20FN3O. The maximum absolute atomic E-state index is 13.5. The Morgan fingerprint density at radius 2 is 2.00 bits per heavy atom. The zero-order valence-electron chi connectivity index (χ0n) is 12.6. The minimum absolute atomic E-state index is 0.273. The zero-order valence-corrected chi connectivity index (χ0v) is 12.6. The van der Waals surface area contributed by atoms with Gasteiger partial charge in [0, 0.05) is 24.8 Å². The molecule has 112 valence electrons. The molecule has 2 rings (SSSR count). The van der Waals surface area contributed by atoms with Crippen molar-refractivity contribution in [1.29, 1.82) is 0 Å². The summed E-state index contributed by atoms with van der Waals surface area (Å²) in [6.07, 6.45) is 0. The highest BCUT2D eigenvalue weighted by atomic mass is 19.1. The molecule has 0 aliphatic rings. The molecule has 0 saturated heterocycles. The van der Waals surface area contributed by atoms with Crippen molar-refractivity contribution >= 4 is 5.82 Å². The van der Waals surface area contributed by atoms with E-state index >= 15 is 0 Å². The van der Waals surface area contributed by atoms with Crippen molar-refractivity contribution in [3.05, 3.63) is 41.5 Å². The third kappa shape index (κ3) is 3.98. The summed E-state index contributed by atoms with van der Waals surface area (Å²) < 4.78 is 18.9. The molecule has 0 aliphatic carbocycles. The summed E-state index contributed by atoms with van der Waals surface area (Å²) in [6, 6.07) is 6.53. The molecule has 0 atom stereocenters. The van der Waals surface area contributed by atoms with Gasteiger partial charge in [-0.1, -0.05) is 6.07 Å². The number of aromatic nitrogens is 2. The van der Waals surface area contributed by atoms with Gasteiger partial charge in [-0.3, -0.25) is 0 Å². The van der Waals surface area contributed by atoms with Gasteiger partial charge in [0.25, 0.3) is 0 Å². The highest BCUT2D eigenvalue weighted by Crippen LogP contribution is 2.24.